The van der Waals surface area contributed by atoms with Crippen LogP contribution < -0.4 is 43.9 Å². The van der Waals surface area contributed by atoms with Crippen LogP contribution in [0.5, 0.6) is 11.5 Å². The molecule has 2 aliphatic heterocycles. The van der Waals surface area contributed by atoms with Gasteiger partial charge in [0.15, 0.2) is 0 Å². The summed E-state index contributed by atoms with van der Waals surface area (Å²) in [6.45, 7) is 16.0. The molecule has 0 fully saturated rings. The second-order valence-corrected chi connectivity index (χ2v) is 15.6. The minimum atomic E-state index is -5.03. The summed E-state index contributed by atoms with van der Waals surface area (Å²) >= 11 is 0. The number of ether oxygens (including phenoxy) is 2. The predicted octanol–water partition coefficient (Wildman–Crippen LogP) is 3.48. The van der Waals surface area contributed by atoms with Crippen molar-refractivity contribution in [3.05, 3.63) is 33.8 Å². The Morgan fingerprint density at radius 3 is 2.11 bits per heavy atom. The van der Waals surface area contributed by atoms with Crippen molar-refractivity contribution in [1.29, 1.82) is 0 Å². The topological polar surface area (TPSA) is 155 Å². The van der Waals surface area contributed by atoms with Gasteiger partial charge in [0.25, 0.3) is 0 Å². The molecule has 12 heteroatoms. The summed E-state index contributed by atoms with van der Waals surface area (Å²) in [6, 6.07) is 0. The monoisotopic (exact) mass is 690 g/mol. The van der Waals surface area contributed by atoms with Gasteiger partial charge in [-0.15, -0.1) is 0 Å². The van der Waals surface area contributed by atoms with Gasteiger partial charge in [0, 0.05) is 5.56 Å². The number of rotatable bonds is 18. The van der Waals surface area contributed by atoms with Crippen molar-refractivity contribution in [3.63, 3.8) is 0 Å². The maximum absolute atomic E-state index is 13.0. The standard InChI is InChI=1S/C35H57O10P.Na/c1-21(2)12-9-13-22(3)14-10-15-23(4)16-11-18-35(8)19-17-27-26(7)30(24(5)25(6)31(27)43-35)44-46(40,41)45-33-29(38)32(28(37)20-36)42-34(33)39;/h21-23,28,32,36-38H,9-20H2,1-8H3,(H,40,41);/q;+1/p-1/t22?,23?,28-,32+,35?;/m0./s1. The Morgan fingerprint density at radius 2 is 1.53 bits per heavy atom. The third kappa shape index (κ3) is 11.4. The van der Waals surface area contributed by atoms with E-state index in [0.717, 1.165) is 54.4 Å². The Bertz CT molecular complexity index is 1300. The number of esters is 1. The van der Waals surface area contributed by atoms with E-state index in [0.29, 0.717) is 23.5 Å². The minimum absolute atomic E-state index is 0. The molecule has 0 saturated carbocycles. The van der Waals surface area contributed by atoms with Crippen LogP contribution in [0.3, 0.4) is 0 Å². The first-order valence-corrected chi connectivity index (χ1v) is 18.4. The SMILES string of the molecule is Cc1c(C)c2c(c(C)c1OP(=O)(O)OC1=C([O-])[C@@H]([C@@H](O)CO)OC1=O)CCC(C)(CCCC(C)CCCC(C)CCCC(C)C)O2.[Na+]. The predicted molar refractivity (Wildman–Crippen MR) is 174 cm³/mol. The minimum Gasteiger partial charge on any atom is -0.870 e. The van der Waals surface area contributed by atoms with Gasteiger partial charge in [-0.25, -0.2) is 9.36 Å². The van der Waals surface area contributed by atoms with Crippen LogP contribution in [0.25, 0.3) is 0 Å². The van der Waals surface area contributed by atoms with Gasteiger partial charge >= 0.3 is 43.3 Å². The van der Waals surface area contributed by atoms with Crippen LogP contribution in [-0.2, 0) is 25.0 Å². The summed E-state index contributed by atoms with van der Waals surface area (Å²) < 4.78 is 34.7. The quantitative estimate of drug-likeness (QED) is 0.119. The zero-order chi connectivity index (χ0) is 34.4. The van der Waals surface area contributed by atoms with E-state index < -0.39 is 44.1 Å². The van der Waals surface area contributed by atoms with Crippen LogP contribution in [0.4, 0.5) is 0 Å². The van der Waals surface area contributed by atoms with Gasteiger partial charge in [-0.1, -0.05) is 72.6 Å². The molecule has 0 amide bonds. The van der Waals surface area contributed by atoms with Crippen molar-refractivity contribution < 1.29 is 77.7 Å². The van der Waals surface area contributed by atoms with Gasteiger partial charge in [0.05, 0.1) is 6.61 Å². The Labute approximate surface area is 303 Å². The number of phosphoric ester groups is 1. The second-order valence-electron chi connectivity index (χ2n) is 14.3. The van der Waals surface area contributed by atoms with Crippen LogP contribution in [0.1, 0.15) is 121 Å². The molecule has 0 spiro atoms. The smallest absolute Gasteiger partial charge is 0.870 e. The molecule has 1 aromatic carbocycles. The summed E-state index contributed by atoms with van der Waals surface area (Å²) in [5.74, 6) is -0.395. The van der Waals surface area contributed by atoms with Crippen molar-refractivity contribution >= 4 is 13.8 Å². The molecular weight excluding hydrogens is 634 g/mol. The Hall–Kier alpha value is -1.26. The summed E-state index contributed by atoms with van der Waals surface area (Å²) in [5, 5.41) is 31.2. The van der Waals surface area contributed by atoms with E-state index in [9.17, 15) is 24.5 Å². The molecule has 0 aliphatic carbocycles. The Balaban J connectivity index is 0.00000768. The third-order valence-corrected chi connectivity index (χ3v) is 10.5. The fourth-order valence-electron chi connectivity index (χ4n) is 6.53. The number of carbonyl (C=O) groups is 1. The van der Waals surface area contributed by atoms with Crippen molar-refractivity contribution in [1.82, 2.24) is 0 Å². The first-order valence-electron chi connectivity index (χ1n) is 16.9. The van der Waals surface area contributed by atoms with Gasteiger partial charge in [-0.2, -0.15) is 0 Å². The van der Waals surface area contributed by atoms with E-state index in [4.69, 9.17) is 23.6 Å². The number of aliphatic hydroxyl groups excluding tert-OH is 2. The number of phosphoric acid groups is 1. The molecule has 4 unspecified atom stereocenters. The van der Waals surface area contributed by atoms with Gasteiger partial charge in [0.2, 0.25) is 5.76 Å². The maximum Gasteiger partial charge on any atom is 1.00 e. The van der Waals surface area contributed by atoms with Crippen molar-refractivity contribution in [2.75, 3.05) is 6.61 Å². The first kappa shape index (κ1) is 41.9. The molecule has 0 bridgehead atoms. The molecule has 0 saturated heterocycles. The zero-order valence-electron chi connectivity index (χ0n) is 30.0. The fourth-order valence-corrected chi connectivity index (χ4v) is 7.47. The molecule has 3 N–H and O–H groups in total. The molecular formula is C35H56NaO10P. The normalized spacial score (nSPS) is 22.5. The number of cyclic esters (lactones) is 1. The first-order chi connectivity index (χ1) is 21.5. The van der Waals surface area contributed by atoms with Gasteiger partial charge in [-0.3, -0.25) is 4.89 Å². The number of fused-ring (bicyclic) bond motifs is 1. The second kappa shape index (κ2) is 18.1. The van der Waals surface area contributed by atoms with E-state index in [2.05, 4.69) is 34.6 Å². The van der Waals surface area contributed by atoms with Crippen LogP contribution >= 0.6 is 7.82 Å². The molecule has 2 heterocycles. The van der Waals surface area contributed by atoms with Crippen molar-refractivity contribution in [3.8, 4) is 11.5 Å². The zero-order valence-corrected chi connectivity index (χ0v) is 32.9. The molecule has 6 atom stereocenters. The molecule has 47 heavy (non-hydrogen) atoms. The summed E-state index contributed by atoms with van der Waals surface area (Å²) in [7, 11) is -5.03. The summed E-state index contributed by atoms with van der Waals surface area (Å²) in [5.41, 5.74) is 2.51. The van der Waals surface area contributed by atoms with Crippen LogP contribution in [0.2, 0.25) is 0 Å². The molecule has 10 nitrogen and oxygen atoms in total. The van der Waals surface area contributed by atoms with E-state index in [1.807, 2.05) is 6.92 Å². The number of benzene rings is 1. The average Bonchev–Trinajstić information content (AvgIpc) is 3.25. The van der Waals surface area contributed by atoms with Crippen LogP contribution in [0, 0.1) is 38.5 Å². The summed E-state index contributed by atoms with van der Waals surface area (Å²) in [6.07, 6.45) is 9.07. The molecule has 262 valence electrons. The van der Waals surface area contributed by atoms with Gasteiger partial charge in [-0.05, 0) is 93.6 Å². The third-order valence-electron chi connectivity index (χ3n) is 9.69. The van der Waals surface area contributed by atoms with Crippen LogP contribution in [-0.4, -0.2) is 45.5 Å². The van der Waals surface area contributed by atoms with E-state index in [1.54, 1.807) is 13.8 Å². The number of carbonyl (C=O) groups excluding carboxylic acids is 1. The summed E-state index contributed by atoms with van der Waals surface area (Å²) in [4.78, 5) is 22.7. The molecule has 3 rings (SSSR count). The number of aliphatic hydroxyl groups is 2. The van der Waals surface area contributed by atoms with Gasteiger partial charge in [0.1, 0.15) is 29.3 Å². The molecule has 0 radical (unpaired) electrons. The van der Waals surface area contributed by atoms with E-state index in [1.165, 1.54) is 38.5 Å². The Kier molecular flexibility index (Phi) is 16.2. The van der Waals surface area contributed by atoms with Crippen LogP contribution in [0.15, 0.2) is 11.5 Å². The maximum atomic E-state index is 13.0. The Morgan fingerprint density at radius 1 is 0.957 bits per heavy atom. The van der Waals surface area contributed by atoms with Gasteiger partial charge < -0.3 is 33.8 Å². The largest absolute Gasteiger partial charge is 1.00 e. The average molecular weight is 691 g/mol. The molecule has 0 aromatic heterocycles. The fraction of sp³-hybridized carbons (Fsp3) is 0.743. The van der Waals surface area contributed by atoms with E-state index >= 15 is 0 Å². The van der Waals surface area contributed by atoms with Crippen molar-refractivity contribution in [2.45, 2.75) is 144 Å². The van der Waals surface area contributed by atoms with Crippen molar-refractivity contribution in [2.24, 2.45) is 17.8 Å². The number of hydrogen-bond donors (Lipinski definition) is 3. The van der Waals surface area contributed by atoms with E-state index in [-0.39, 0.29) is 40.9 Å². The molecule has 2 aliphatic rings. The molecule has 1 aromatic rings. The number of hydrogen-bond acceptors (Lipinski definition) is 9.